The van der Waals surface area contributed by atoms with Gasteiger partial charge in [-0.3, -0.25) is 0 Å². The van der Waals surface area contributed by atoms with Crippen LogP contribution >= 0.6 is 12.2 Å². The molecule has 0 spiro atoms. The van der Waals surface area contributed by atoms with Crippen LogP contribution in [0.15, 0.2) is 29.3 Å². The monoisotopic (exact) mass is 357 g/mol. The van der Waals surface area contributed by atoms with E-state index in [-0.39, 0.29) is 17.3 Å². The van der Waals surface area contributed by atoms with Crippen molar-refractivity contribution in [2.75, 3.05) is 0 Å². The summed E-state index contributed by atoms with van der Waals surface area (Å²) in [7, 11) is 0. The van der Waals surface area contributed by atoms with Crippen molar-refractivity contribution >= 4 is 23.1 Å². The summed E-state index contributed by atoms with van der Waals surface area (Å²) in [6, 6.07) is 5.65. The van der Waals surface area contributed by atoms with E-state index >= 15 is 0 Å². The first-order chi connectivity index (χ1) is 12.0. The third-order valence-corrected chi connectivity index (χ3v) is 4.23. The SMILES string of the molecule is CCc1ccc(C#Cc2cc(F)c(N=C=S)c(F)c2)c(C2CC2)c1F. The number of nitrogens with zero attached hydrogens (tertiary/aromatic N) is 1. The van der Waals surface area contributed by atoms with E-state index in [0.717, 1.165) is 25.0 Å². The fraction of sp³-hybridized carbons (Fsp3) is 0.250. The number of rotatable bonds is 3. The topological polar surface area (TPSA) is 12.4 Å². The zero-order valence-corrected chi connectivity index (χ0v) is 14.3. The van der Waals surface area contributed by atoms with Crippen LogP contribution < -0.4 is 0 Å². The van der Waals surface area contributed by atoms with Crippen LogP contribution in [0.25, 0.3) is 0 Å². The average molecular weight is 357 g/mol. The van der Waals surface area contributed by atoms with Gasteiger partial charge in [0.15, 0.2) is 11.6 Å². The first-order valence-electron chi connectivity index (χ1n) is 7.95. The number of hydrogen-bond acceptors (Lipinski definition) is 2. The maximum Gasteiger partial charge on any atom is 0.153 e. The zero-order valence-electron chi connectivity index (χ0n) is 13.5. The number of hydrogen-bond donors (Lipinski definition) is 0. The van der Waals surface area contributed by atoms with Crippen molar-refractivity contribution in [3.63, 3.8) is 0 Å². The molecule has 1 aliphatic rings. The number of isothiocyanates is 1. The van der Waals surface area contributed by atoms with Gasteiger partial charge in [0, 0.05) is 16.7 Å². The van der Waals surface area contributed by atoms with Crippen LogP contribution in [0.2, 0.25) is 0 Å². The molecule has 0 atom stereocenters. The second-order valence-electron chi connectivity index (χ2n) is 5.87. The number of thiocarbonyl (C=S) groups is 1. The van der Waals surface area contributed by atoms with Crippen molar-refractivity contribution in [3.05, 3.63) is 64.0 Å². The lowest BCUT2D eigenvalue weighted by Crippen LogP contribution is -1.98. The number of benzene rings is 2. The quantitative estimate of drug-likeness (QED) is 0.391. The summed E-state index contributed by atoms with van der Waals surface area (Å²) < 4.78 is 42.3. The van der Waals surface area contributed by atoms with E-state index in [4.69, 9.17) is 0 Å². The molecule has 1 saturated carbocycles. The molecule has 0 radical (unpaired) electrons. The Hall–Kier alpha value is -2.41. The molecular weight excluding hydrogens is 343 g/mol. The fourth-order valence-corrected chi connectivity index (χ4v) is 2.81. The van der Waals surface area contributed by atoms with Gasteiger partial charge in [0.05, 0.1) is 5.16 Å². The van der Waals surface area contributed by atoms with Gasteiger partial charge in [0.2, 0.25) is 0 Å². The van der Waals surface area contributed by atoms with E-state index in [1.807, 2.05) is 12.1 Å². The van der Waals surface area contributed by atoms with Crippen molar-refractivity contribution in [2.24, 2.45) is 4.99 Å². The number of halogens is 3. The Bertz CT molecular complexity index is 922. The Labute approximate surface area is 149 Å². The van der Waals surface area contributed by atoms with Gasteiger partial charge in [0.1, 0.15) is 11.5 Å². The minimum Gasteiger partial charge on any atom is -0.206 e. The summed E-state index contributed by atoms with van der Waals surface area (Å²) in [6.45, 7) is 1.90. The van der Waals surface area contributed by atoms with Crippen LogP contribution in [-0.2, 0) is 6.42 Å². The molecule has 0 unspecified atom stereocenters. The molecule has 126 valence electrons. The first kappa shape index (κ1) is 17.4. The normalized spacial score (nSPS) is 13.0. The molecule has 3 rings (SSSR count). The van der Waals surface area contributed by atoms with E-state index in [1.165, 1.54) is 0 Å². The third kappa shape index (κ3) is 3.66. The van der Waals surface area contributed by atoms with Crippen LogP contribution in [0.1, 0.15) is 47.9 Å². The molecule has 0 heterocycles. The second-order valence-corrected chi connectivity index (χ2v) is 6.05. The van der Waals surface area contributed by atoms with Crippen LogP contribution in [-0.4, -0.2) is 5.16 Å². The van der Waals surface area contributed by atoms with Gasteiger partial charge in [-0.05, 0) is 61.2 Å². The van der Waals surface area contributed by atoms with Crippen molar-refractivity contribution < 1.29 is 13.2 Å². The van der Waals surface area contributed by atoms with Crippen molar-refractivity contribution in [1.82, 2.24) is 0 Å². The molecule has 0 aromatic heterocycles. The summed E-state index contributed by atoms with van der Waals surface area (Å²) in [6.07, 6.45) is 2.48. The Morgan fingerprint density at radius 3 is 2.36 bits per heavy atom. The lowest BCUT2D eigenvalue weighted by Gasteiger charge is -2.08. The molecule has 0 saturated heterocycles. The highest BCUT2D eigenvalue weighted by Gasteiger charge is 2.29. The van der Waals surface area contributed by atoms with Gasteiger partial charge >= 0.3 is 0 Å². The Kier molecular flexibility index (Phi) is 5.03. The highest BCUT2D eigenvalue weighted by atomic mass is 32.1. The fourth-order valence-electron chi connectivity index (χ4n) is 2.72. The Balaban J connectivity index is 2.02. The predicted molar refractivity (Wildman–Crippen MR) is 94.8 cm³/mol. The maximum atomic E-state index is 14.6. The molecule has 0 N–H and O–H groups in total. The summed E-state index contributed by atoms with van der Waals surface area (Å²) >= 11 is 4.36. The molecule has 1 aliphatic carbocycles. The standard InChI is InChI=1S/C20H14F3NS/c1-2-13-5-6-14(18(19(13)23)15-7-8-15)4-3-12-9-16(21)20(24-11-25)17(22)10-12/h5-6,9-10,15H,2,7-8H2,1H3. The predicted octanol–water partition coefficient (Wildman–Crippen LogP) is 5.68. The third-order valence-electron chi connectivity index (χ3n) is 4.14. The van der Waals surface area contributed by atoms with Gasteiger partial charge in [-0.25, -0.2) is 13.2 Å². The van der Waals surface area contributed by atoms with Crippen molar-refractivity contribution in [3.8, 4) is 11.8 Å². The van der Waals surface area contributed by atoms with Crippen molar-refractivity contribution in [2.45, 2.75) is 32.1 Å². The number of aryl methyl sites for hydroxylation is 1. The lowest BCUT2D eigenvalue weighted by atomic mass is 9.98. The largest absolute Gasteiger partial charge is 0.206 e. The minimum atomic E-state index is -0.864. The maximum absolute atomic E-state index is 14.6. The molecular formula is C20H14F3NS. The van der Waals surface area contributed by atoms with Crippen LogP contribution in [0.5, 0.6) is 0 Å². The minimum absolute atomic E-state index is 0.153. The average Bonchev–Trinajstić information content (AvgIpc) is 3.41. The van der Waals surface area contributed by atoms with E-state index in [1.54, 1.807) is 12.1 Å². The molecule has 5 heteroatoms. The lowest BCUT2D eigenvalue weighted by molar-refractivity contribution is 0.587. The molecule has 0 aliphatic heterocycles. The molecule has 1 fully saturated rings. The van der Waals surface area contributed by atoms with E-state index < -0.39 is 17.3 Å². The number of aliphatic imine (C=N–C) groups is 1. The summed E-state index contributed by atoms with van der Waals surface area (Å²) in [5, 5.41) is 1.94. The van der Waals surface area contributed by atoms with Crippen LogP contribution in [0.3, 0.4) is 0 Å². The molecule has 2 aromatic carbocycles. The van der Waals surface area contributed by atoms with Gasteiger partial charge in [-0.2, -0.15) is 4.99 Å². The highest BCUT2D eigenvalue weighted by Crippen LogP contribution is 2.43. The van der Waals surface area contributed by atoms with Crippen LogP contribution in [0.4, 0.5) is 18.9 Å². The molecule has 0 bridgehead atoms. The Morgan fingerprint density at radius 1 is 1.12 bits per heavy atom. The van der Waals surface area contributed by atoms with Gasteiger partial charge in [-0.1, -0.05) is 24.8 Å². The van der Waals surface area contributed by atoms with E-state index in [2.05, 4.69) is 29.1 Å². The van der Waals surface area contributed by atoms with Gasteiger partial charge < -0.3 is 0 Å². The zero-order chi connectivity index (χ0) is 18.0. The summed E-state index contributed by atoms with van der Waals surface area (Å²) in [5.74, 6) is 3.82. The van der Waals surface area contributed by atoms with E-state index in [0.29, 0.717) is 23.1 Å². The molecule has 1 nitrogen and oxygen atoms in total. The summed E-state index contributed by atoms with van der Waals surface area (Å²) in [5.41, 5.74) is 1.51. The van der Waals surface area contributed by atoms with Gasteiger partial charge in [0.25, 0.3) is 0 Å². The molecule has 25 heavy (non-hydrogen) atoms. The van der Waals surface area contributed by atoms with Crippen molar-refractivity contribution in [1.29, 1.82) is 0 Å². The van der Waals surface area contributed by atoms with Gasteiger partial charge in [-0.15, -0.1) is 0 Å². The Morgan fingerprint density at radius 2 is 1.80 bits per heavy atom. The first-order valence-corrected chi connectivity index (χ1v) is 8.36. The second kappa shape index (κ2) is 7.23. The molecule has 2 aromatic rings. The van der Waals surface area contributed by atoms with E-state index in [9.17, 15) is 13.2 Å². The smallest absolute Gasteiger partial charge is 0.153 e. The van der Waals surface area contributed by atoms with Crippen LogP contribution in [0, 0.1) is 29.3 Å². The summed E-state index contributed by atoms with van der Waals surface area (Å²) in [4.78, 5) is 3.36. The highest BCUT2D eigenvalue weighted by molar-refractivity contribution is 7.78. The molecule has 0 amide bonds.